The van der Waals surface area contributed by atoms with Crippen molar-refractivity contribution in [1.82, 2.24) is 15.5 Å². The number of nitrogens with one attached hydrogen (secondary N) is 1. The first-order valence-corrected chi connectivity index (χ1v) is 9.81. The third kappa shape index (κ3) is 4.12. The molecule has 0 atom stereocenters. The summed E-state index contributed by atoms with van der Waals surface area (Å²) in [6, 6.07) is 3.80. The minimum Gasteiger partial charge on any atom is -0.480 e. The van der Waals surface area contributed by atoms with Crippen LogP contribution in [0.4, 0.5) is 0 Å². The summed E-state index contributed by atoms with van der Waals surface area (Å²) in [6.45, 7) is 2.12. The van der Waals surface area contributed by atoms with Crippen molar-refractivity contribution in [2.45, 2.75) is 57.4 Å². The van der Waals surface area contributed by atoms with Crippen molar-refractivity contribution in [1.29, 1.82) is 0 Å². The van der Waals surface area contributed by atoms with Crippen molar-refractivity contribution < 1.29 is 19.2 Å². The topological polar surface area (TPSA) is 105 Å². The van der Waals surface area contributed by atoms with Crippen LogP contribution < -0.4 is 5.32 Å². The smallest absolute Gasteiger partial charge is 0.329 e. The third-order valence-electron chi connectivity index (χ3n) is 5.10. The van der Waals surface area contributed by atoms with E-state index < -0.39 is 11.5 Å². The van der Waals surface area contributed by atoms with E-state index in [0.717, 1.165) is 24.1 Å². The highest BCUT2D eigenvalue weighted by Gasteiger charge is 2.42. The Hall–Kier alpha value is -2.22. The minimum atomic E-state index is -1.14. The molecule has 1 aliphatic rings. The van der Waals surface area contributed by atoms with Gasteiger partial charge in [0.2, 0.25) is 17.6 Å². The lowest BCUT2D eigenvalue weighted by Crippen LogP contribution is -2.56. The van der Waals surface area contributed by atoms with Gasteiger partial charge in [-0.3, -0.25) is 4.79 Å². The number of aliphatic carboxylic acids is 1. The summed E-state index contributed by atoms with van der Waals surface area (Å²) in [4.78, 5) is 29.3. The van der Waals surface area contributed by atoms with Crippen LogP contribution in [0.1, 0.15) is 51.3 Å². The quantitative estimate of drug-likeness (QED) is 0.767. The van der Waals surface area contributed by atoms with Crippen LogP contribution in [-0.4, -0.2) is 32.7 Å². The van der Waals surface area contributed by atoms with Crippen molar-refractivity contribution in [2.24, 2.45) is 5.92 Å². The molecule has 3 rings (SSSR count). The van der Waals surface area contributed by atoms with Crippen LogP contribution in [0.15, 0.2) is 22.0 Å². The number of amides is 1. The van der Waals surface area contributed by atoms with Gasteiger partial charge in [-0.2, -0.15) is 4.98 Å². The standard InChI is InChI=1S/C18H23N3O4S/c1-2-12-7-9-18(10-8-12,17(23)24)20-14(22)5-6-15-19-16(21-25-15)13-4-3-11-26-13/h3-4,11-12H,2,5-10H2,1H3,(H,20,22)(H,23,24). The number of nitrogens with zero attached hydrogens (tertiary/aromatic N) is 2. The summed E-state index contributed by atoms with van der Waals surface area (Å²) in [5.74, 6) is 0.197. The summed E-state index contributed by atoms with van der Waals surface area (Å²) in [5, 5.41) is 18.2. The van der Waals surface area contributed by atoms with Crippen LogP contribution >= 0.6 is 11.3 Å². The highest BCUT2D eigenvalue weighted by atomic mass is 32.1. The second-order valence-electron chi connectivity index (χ2n) is 6.78. The van der Waals surface area contributed by atoms with E-state index in [1.165, 1.54) is 11.3 Å². The molecule has 0 saturated heterocycles. The molecular weight excluding hydrogens is 354 g/mol. The van der Waals surface area contributed by atoms with Crippen LogP contribution in [0.3, 0.4) is 0 Å². The van der Waals surface area contributed by atoms with Gasteiger partial charge in [0.1, 0.15) is 5.54 Å². The van der Waals surface area contributed by atoms with E-state index in [0.29, 0.717) is 30.5 Å². The molecule has 7 nitrogen and oxygen atoms in total. The molecular formula is C18H23N3O4S. The minimum absolute atomic E-state index is 0.123. The average molecular weight is 377 g/mol. The zero-order valence-electron chi connectivity index (χ0n) is 14.7. The molecule has 140 valence electrons. The summed E-state index contributed by atoms with van der Waals surface area (Å²) in [5.41, 5.74) is -1.14. The van der Waals surface area contributed by atoms with E-state index in [4.69, 9.17) is 4.52 Å². The fraction of sp³-hybridized carbons (Fsp3) is 0.556. The van der Waals surface area contributed by atoms with E-state index in [9.17, 15) is 14.7 Å². The van der Waals surface area contributed by atoms with Gasteiger partial charge in [-0.25, -0.2) is 4.79 Å². The van der Waals surface area contributed by atoms with Gasteiger partial charge >= 0.3 is 5.97 Å². The Morgan fingerprint density at radius 1 is 1.42 bits per heavy atom. The molecule has 1 amide bonds. The van der Waals surface area contributed by atoms with Gasteiger partial charge in [0, 0.05) is 12.8 Å². The molecule has 1 saturated carbocycles. The predicted molar refractivity (Wildman–Crippen MR) is 96.7 cm³/mol. The number of thiophene rings is 1. The van der Waals surface area contributed by atoms with Crippen molar-refractivity contribution in [3.05, 3.63) is 23.4 Å². The number of carboxylic acids is 1. The number of carbonyl (C=O) groups is 2. The van der Waals surface area contributed by atoms with Crippen molar-refractivity contribution in [2.75, 3.05) is 0 Å². The monoisotopic (exact) mass is 377 g/mol. The largest absolute Gasteiger partial charge is 0.480 e. The van der Waals surface area contributed by atoms with Gasteiger partial charge in [0.05, 0.1) is 4.88 Å². The molecule has 0 radical (unpaired) electrons. The maximum atomic E-state index is 12.3. The van der Waals surface area contributed by atoms with Gasteiger partial charge in [-0.05, 0) is 43.0 Å². The summed E-state index contributed by atoms with van der Waals surface area (Å²) >= 11 is 1.51. The Balaban J connectivity index is 1.55. The van der Waals surface area contributed by atoms with Crippen molar-refractivity contribution in [3.63, 3.8) is 0 Å². The van der Waals surface area contributed by atoms with Gasteiger partial charge < -0.3 is 14.9 Å². The Morgan fingerprint density at radius 2 is 2.19 bits per heavy atom. The summed E-state index contributed by atoms with van der Waals surface area (Å²) in [7, 11) is 0. The molecule has 8 heteroatoms. The fourth-order valence-electron chi connectivity index (χ4n) is 3.38. The Bertz CT molecular complexity index is 748. The Labute approximate surface area is 155 Å². The molecule has 1 fully saturated rings. The number of hydrogen-bond donors (Lipinski definition) is 2. The SMILES string of the molecule is CCC1CCC(NC(=O)CCc2nc(-c3cccs3)no2)(C(=O)O)CC1. The molecule has 2 aromatic rings. The van der Waals surface area contributed by atoms with Crippen LogP contribution in [-0.2, 0) is 16.0 Å². The molecule has 0 spiro atoms. The van der Waals surface area contributed by atoms with Gasteiger partial charge in [0.25, 0.3) is 0 Å². The molecule has 2 N–H and O–H groups in total. The van der Waals surface area contributed by atoms with Crippen LogP contribution in [0.25, 0.3) is 10.7 Å². The Kier molecular flexibility index (Phi) is 5.70. The lowest BCUT2D eigenvalue weighted by molar-refractivity contribution is -0.149. The maximum absolute atomic E-state index is 12.3. The molecule has 2 heterocycles. The number of carboxylic acid groups (broad SMARTS) is 1. The molecule has 0 unspecified atom stereocenters. The van der Waals surface area contributed by atoms with E-state index in [1.54, 1.807) is 0 Å². The predicted octanol–water partition coefficient (Wildman–Crippen LogP) is 3.27. The number of rotatable bonds is 7. The fourth-order valence-corrected chi connectivity index (χ4v) is 4.03. The molecule has 0 aliphatic heterocycles. The van der Waals surface area contributed by atoms with Crippen molar-refractivity contribution in [3.8, 4) is 10.7 Å². The summed E-state index contributed by atoms with van der Waals surface area (Å²) in [6.07, 6.45) is 4.09. The van der Waals surface area contributed by atoms with Crippen LogP contribution in [0, 0.1) is 5.92 Å². The first-order valence-electron chi connectivity index (χ1n) is 8.93. The Morgan fingerprint density at radius 3 is 2.81 bits per heavy atom. The van der Waals surface area contributed by atoms with Crippen molar-refractivity contribution >= 4 is 23.2 Å². The van der Waals surface area contributed by atoms with Crippen LogP contribution in [0.2, 0.25) is 0 Å². The van der Waals surface area contributed by atoms with Crippen LogP contribution in [0.5, 0.6) is 0 Å². The number of aromatic nitrogens is 2. The number of hydrogen-bond acceptors (Lipinski definition) is 6. The number of aryl methyl sites for hydroxylation is 1. The third-order valence-corrected chi connectivity index (χ3v) is 5.97. The molecule has 0 bridgehead atoms. The van der Waals surface area contributed by atoms with E-state index in [1.807, 2.05) is 17.5 Å². The molecule has 26 heavy (non-hydrogen) atoms. The molecule has 2 aromatic heterocycles. The van der Waals surface area contributed by atoms with E-state index in [2.05, 4.69) is 22.4 Å². The highest BCUT2D eigenvalue weighted by molar-refractivity contribution is 7.13. The summed E-state index contributed by atoms with van der Waals surface area (Å²) < 4.78 is 5.18. The molecule has 1 aliphatic carbocycles. The maximum Gasteiger partial charge on any atom is 0.329 e. The van der Waals surface area contributed by atoms with Gasteiger partial charge in [-0.15, -0.1) is 11.3 Å². The lowest BCUT2D eigenvalue weighted by atomic mass is 9.75. The van der Waals surface area contributed by atoms with E-state index >= 15 is 0 Å². The van der Waals surface area contributed by atoms with Gasteiger partial charge in [-0.1, -0.05) is 24.6 Å². The zero-order valence-corrected chi connectivity index (χ0v) is 15.6. The lowest BCUT2D eigenvalue weighted by Gasteiger charge is -2.37. The zero-order chi connectivity index (χ0) is 18.6. The normalized spacial score (nSPS) is 22.9. The average Bonchev–Trinajstić information content (AvgIpc) is 3.32. The van der Waals surface area contributed by atoms with Gasteiger partial charge in [0.15, 0.2) is 0 Å². The second-order valence-corrected chi connectivity index (χ2v) is 7.72. The number of carbonyl (C=O) groups excluding carboxylic acids is 1. The molecule has 0 aromatic carbocycles. The second kappa shape index (κ2) is 7.99. The highest BCUT2D eigenvalue weighted by Crippen LogP contribution is 2.34. The first kappa shape index (κ1) is 18.6. The first-order chi connectivity index (χ1) is 12.5. The van der Waals surface area contributed by atoms with E-state index in [-0.39, 0.29) is 18.7 Å².